The molecule has 0 spiro atoms. The smallest absolute Gasteiger partial charge is 0.266 e. The van der Waals surface area contributed by atoms with Crippen LogP contribution in [-0.4, -0.2) is 45.2 Å². The van der Waals surface area contributed by atoms with Gasteiger partial charge in [0.25, 0.3) is 5.91 Å². The van der Waals surface area contributed by atoms with Gasteiger partial charge in [-0.2, -0.15) is 0 Å². The average Bonchev–Trinajstić information content (AvgIpc) is 3.05. The number of hydrogen-bond acceptors (Lipinski definition) is 4. The summed E-state index contributed by atoms with van der Waals surface area (Å²) in [6.45, 7) is 0.867. The van der Waals surface area contributed by atoms with Crippen LogP contribution in [0.25, 0.3) is 10.2 Å². The average molecular weight is 392 g/mol. The van der Waals surface area contributed by atoms with Crippen molar-refractivity contribution >= 4 is 32.6 Å². The number of aromatic nitrogens is 1. The second-order valence-electron chi connectivity index (χ2n) is 6.31. The van der Waals surface area contributed by atoms with Crippen LogP contribution in [-0.2, 0) is 0 Å². The first kappa shape index (κ1) is 19.2. The number of halogens is 2. The fourth-order valence-corrected chi connectivity index (χ4v) is 3.66. The molecule has 0 aliphatic carbocycles. The number of rotatable bonds is 6. The number of hydrogen-bond donors (Lipinski definition) is 1. The van der Waals surface area contributed by atoms with Gasteiger partial charge in [-0.25, -0.2) is 13.8 Å². The van der Waals surface area contributed by atoms with Crippen LogP contribution in [0.2, 0.25) is 0 Å². The van der Waals surface area contributed by atoms with Crippen LogP contribution in [0, 0.1) is 11.6 Å². The number of methoxy groups -OCH3 is 1. The largest absolute Gasteiger partial charge is 0.494 e. The molecule has 27 heavy (non-hydrogen) atoms. The maximum atomic E-state index is 14.2. The topological polar surface area (TPSA) is 46.9 Å². The van der Waals surface area contributed by atoms with E-state index in [-0.39, 0.29) is 6.54 Å². The van der Waals surface area contributed by atoms with Crippen molar-refractivity contribution in [1.29, 1.82) is 0 Å². The van der Waals surface area contributed by atoms with Crippen molar-refractivity contribution in [3.8, 4) is 5.75 Å². The van der Waals surface area contributed by atoms with Gasteiger partial charge in [0.1, 0.15) is 28.5 Å². The van der Waals surface area contributed by atoms with Crippen LogP contribution in [0.5, 0.6) is 5.75 Å². The highest BCUT2D eigenvalue weighted by Gasteiger charge is 2.27. The maximum Gasteiger partial charge on any atom is 0.266 e. The Balaban J connectivity index is 2.07. The molecule has 0 fully saturated rings. The molecule has 0 aliphatic heterocycles. The summed E-state index contributed by atoms with van der Waals surface area (Å²) in [6, 6.07) is 8.86. The number of benzene rings is 2. The summed E-state index contributed by atoms with van der Waals surface area (Å²) in [7, 11) is 5.42. The molecule has 0 bridgehead atoms. The molecule has 5 nitrogen and oxygen atoms in total. The molecule has 0 saturated heterocycles. The fraction of sp³-hybridized carbons (Fsp3) is 0.263. The number of carbonyl (C=O) groups excluding carboxylic acids is 1. The molecule has 1 aromatic heterocycles. The molecule has 0 atom stereocenters. The van der Waals surface area contributed by atoms with E-state index in [4.69, 9.17) is 4.74 Å². The molecule has 142 valence electrons. The van der Waals surface area contributed by atoms with E-state index in [0.29, 0.717) is 22.9 Å². The fourth-order valence-electron chi connectivity index (χ4n) is 2.65. The van der Waals surface area contributed by atoms with Crippen molar-refractivity contribution in [2.24, 2.45) is 0 Å². The van der Waals surface area contributed by atoms with E-state index in [1.54, 1.807) is 13.2 Å². The van der Waals surface area contributed by atoms with Gasteiger partial charge in [0.2, 0.25) is 0 Å². The first-order valence-electron chi connectivity index (χ1n) is 8.40. The lowest BCUT2D eigenvalue weighted by atomic mass is 10.1. The van der Waals surface area contributed by atoms with E-state index in [1.807, 2.05) is 26.2 Å². The van der Waals surface area contributed by atoms with Crippen molar-refractivity contribution < 1.29 is 23.2 Å². The summed E-state index contributed by atoms with van der Waals surface area (Å²) in [5.41, 5.74) is 0.0430. The van der Waals surface area contributed by atoms with Crippen molar-refractivity contribution in [3.63, 3.8) is 0 Å². The minimum Gasteiger partial charge on any atom is -0.494 e. The molecule has 0 aliphatic rings. The van der Waals surface area contributed by atoms with E-state index in [1.165, 1.54) is 22.3 Å². The first-order chi connectivity index (χ1) is 12.9. The highest BCUT2D eigenvalue weighted by molar-refractivity contribution is 7.22. The zero-order valence-corrected chi connectivity index (χ0v) is 16.1. The maximum absolute atomic E-state index is 14.2. The van der Waals surface area contributed by atoms with Gasteiger partial charge in [-0.15, -0.1) is 0 Å². The predicted octanol–water partition coefficient (Wildman–Crippen LogP) is 2.37. The molecule has 0 unspecified atom stereocenters. The summed E-state index contributed by atoms with van der Waals surface area (Å²) < 4.78 is 34.5. The monoisotopic (exact) mass is 392 g/mol. The van der Waals surface area contributed by atoms with Crippen molar-refractivity contribution in [1.82, 2.24) is 4.98 Å². The molecular weight excluding hydrogens is 372 g/mol. The van der Waals surface area contributed by atoms with Gasteiger partial charge in [-0.3, -0.25) is 9.69 Å². The normalized spacial score (nSPS) is 11.2. The van der Waals surface area contributed by atoms with E-state index in [0.717, 1.165) is 21.7 Å². The summed E-state index contributed by atoms with van der Waals surface area (Å²) in [5, 5.41) is 0.378. The minimum absolute atomic E-state index is 0.275. The lowest BCUT2D eigenvalue weighted by Crippen LogP contribution is -3.06. The molecular formula is C19H20F2N3O2S+. The number of para-hydroxylation sites is 1. The molecule has 3 aromatic rings. The Kier molecular flexibility index (Phi) is 5.67. The number of nitrogens with zero attached hydrogens (tertiary/aromatic N) is 2. The molecule has 0 saturated carbocycles. The third-order valence-corrected chi connectivity index (χ3v) is 5.12. The Labute approximate surface area is 159 Å². The first-order valence-corrected chi connectivity index (χ1v) is 9.22. The lowest BCUT2D eigenvalue weighted by Gasteiger charge is -2.21. The third-order valence-electron chi connectivity index (χ3n) is 4.08. The summed E-state index contributed by atoms with van der Waals surface area (Å²) in [6.07, 6.45) is 0. The number of carbonyl (C=O) groups is 1. The van der Waals surface area contributed by atoms with E-state index in [2.05, 4.69) is 4.98 Å². The highest BCUT2D eigenvalue weighted by Crippen LogP contribution is 2.34. The number of amides is 1. The van der Waals surface area contributed by atoms with Crippen LogP contribution in [0.3, 0.4) is 0 Å². The molecule has 1 heterocycles. The van der Waals surface area contributed by atoms with E-state index < -0.39 is 23.1 Å². The Morgan fingerprint density at radius 3 is 2.48 bits per heavy atom. The molecule has 1 N–H and O–H groups in total. The molecule has 3 rings (SSSR count). The predicted molar refractivity (Wildman–Crippen MR) is 102 cm³/mol. The van der Waals surface area contributed by atoms with Crippen LogP contribution < -0.4 is 14.5 Å². The number of fused-ring (bicyclic) bond motifs is 1. The van der Waals surface area contributed by atoms with Gasteiger partial charge in [0.05, 0.1) is 39.0 Å². The number of likely N-dealkylation sites (N-methyl/N-ethyl adjacent to an activating group) is 1. The van der Waals surface area contributed by atoms with Crippen LogP contribution in [0.1, 0.15) is 10.4 Å². The van der Waals surface area contributed by atoms with Crippen LogP contribution in [0.4, 0.5) is 13.9 Å². The third kappa shape index (κ3) is 3.91. The Bertz CT molecular complexity index is 954. The second kappa shape index (κ2) is 7.98. The minimum atomic E-state index is -0.888. The van der Waals surface area contributed by atoms with Crippen LogP contribution >= 0.6 is 11.3 Å². The molecule has 8 heteroatoms. The number of thiazole rings is 1. The molecule has 2 aromatic carbocycles. The SMILES string of the molecule is COc1cccc2sc(N(CC[NH+](C)C)C(=O)c3c(F)cccc3F)nc12. The van der Waals surface area contributed by atoms with Crippen molar-refractivity contribution in [2.75, 3.05) is 39.2 Å². The zero-order valence-electron chi connectivity index (χ0n) is 15.3. The van der Waals surface area contributed by atoms with Gasteiger partial charge in [-0.05, 0) is 24.3 Å². The van der Waals surface area contributed by atoms with Gasteiger partial charge in [-0.1, -0.05) is 23.5 Å². The van der Waals surface area contributed by atoms with Gasteiger partial charge >= 0.3 is 0 Å². The second-order valence-corrected chi connectivity index (χ2v) is 7.32. The summed E-state index contributed by atoms with van der Waals surface area (Å²) in [5.74, 6) is -1.94. The molecule has 1 amide bonds. The van der Waals surface area contributed by atoms with Gasteiger partial charge in [0.15, 0.2) is 5.13 Å². The summed E-state index contributed by atoms with van der Waals surface area (Å²) in [4.78, 5) is 19.9. The Morgan fingerprint density at radius 1 is 1.19 bits per heavy atom. The van der Waals surface area contributed by atoms with Gasteiger partial charge in [0, 0.05) is 0 Å². The lowest BCUT2D eigenvalue weighted by molar-refractivity contribution is -0.856. The highest BCUT2D eigenvalue weighted by atomic mass is 32.1. The molecule has 0 radical (unpaired) electrons. The number of quaternary nitrogens is 1. The van der Waals surface area contributed by atoms with Crippen molar-refractivity contribution in [2.45, 2.75) is 0 Å². The number of ether oxygens (including phenoxy) is 1. The standard InChI is InChI=1S/C19H19F2N3O2S/c1-23(2)10-11-24(18(25)16-12(20)6-4-7-13(16)21)19-22-17-14(26-3)8-5-9-15(17)27-19/h4-9H,10-11H2,1-3H3/p+1. The zero-order chi connectivity index (χ0) is 19.6. The Morgan fingerprint density at radius 2 is 1.85 bits per heavy atom. The Hall–Kier alpha value is -2.58. The van der Waals surface area contributed by atoms with E-state index >= 15 is 0 Å². The summed E-state index contributed by atoms with van der Waals surface area (Å²) >= 11 is 1.28. The van der Waals surface area contributed by atoms with Crippen molar-refractivity contribution in [3.05, 3.63) is 53.6 Å². The number of nitrogens with one attached hydrogen (secondary N) is 1. The van der Waals surface area contributed by atoms with Crippen LogP contribution in [0.15, 0.2) is 36.4 Å². The van der Waals surface area contributed by atoms with E-state index in [9.17, 15) is 13.6 Å². The number of anilines is 1. The quantitative estimate of drug-likeness (QED) is 0.701. The van der Waals surface area contributed by atoms with Gasteiger partial charge < -0.3 is 9.64 Å².